The van der Waals surface area contributed by atoms with Gasteiger partial charge in [0.25, 0.3) is 5.56 Å². The molecule has 0 saturated heterocycles. The number of halogens is 2. The molecule has 28 heavy (non-hydrogen) atoms. The van der Waals surface area contributed by atoms with E-state index in [9.17, 15) is 14.9 Å². The van der Waals surface area contributed by atoms with Gasteiger partial charge in [-0.05, 0) is 48.5 Å². The van der Waals surface area contributed by atoms with Crippen molar-refractivity contribution in [3.05, 3.63) is 97.4 Å². The molecule has 0 unspecified atom stereocenters. The quantitative estimate of drug-likeness (QED) is 0.506. The number of aromatic nitrogens is 3. The first-order chi connectivity index (χ1) is 13.5. The Bertz CT molecular complexity index is 1390. The van der Waals surface area contributed by atoms with Crippen LogP contribution in [0.1, 0.15) is 5.56 Å². The van der Waals surface area contributed by atoms with Crippen molar-refractivity contribution in [2.45, 2.75) is 0 Å². The molecule has 0 aliphatic rings. The summed E-state index contributed by atoms with van der Waals surface area (Å²) in [6.07, 6.45) is 2.98. The highest BCUT2D eigenvalue weighted by Gasteiger charge is 2.17. The Labute approximate surface area is 168 Å². The lowest BCUT2D eigenvalue weighted by Gasteiger charge is -2.15. The van der Waals surface area contributed by atoms with Crippen LogP contribution in [0.3, 0.4) is 0 Å². The summed E-state index contributed by atoms with van der Waals surface area (Å²) < 4.78 is 2.36. The second-order valence-corrected chi connectivity index (χ2v) is 6.73. The number of pyridine rings is 1. The summed E-state index contributed by atoms with van der Waals surface area (Å²) in [5.41, 5.74) is 0.245. The Balaban J connectivity index is 2.21. The lowest BCUT2D eigenvalue weighted by Crippen LogP contribution is -2.38. The van der Waals surface area contributed by atoms with Crippen molar-refractivity contribution in [1.82, 2.24) is 14.1 Å². The molecule has 2 heterocycles. The predicted octanol–water partition coefficient (Wildman–Crippen LogP) is 3.72. The molecule has 0 fully saturated rings. The molecule has 0 bridgehead atoms. The Kier molecular flexibility index (Phi) is 4.47. The maximum atomic E-state index is 13.3. The molecular formula is C20H10Cl2N4O2. The van der Waals surface area contributed by atoms with E-state index in [-0.39, 0.29) is 10.4 Å². The zero-order chi connectivity index (χ0) is 19.8. The van der Waals surface area contributed by atoms with E-state index in [0.717, 1.165) is 4.57 Å². The number of fused-ring (bicyclic) bond motifs is 1. The maximum absolute atomic E-state index is 13.3. The van der Waals surface area contributed by atoms with Crippen molar-refractivity contribution in [3.63, 3.8) is 0 Å². The van der Waals surface area contributed by atoms with Gasteiger partial charge >= 0.3 is 5.69 Å². The first kappa shape index (κ1) is 18.0. The van der Waals surface area contributed by atoms with E-state index < -0.39 is 11.2 Å². The molecule has 2 aromatic heterocycles. The Morgan fingerprint density at radius 1 is 0.929 bits per heavy atom. The van der Waals surface area contributed by atoms with Gasteiger partial charge in [0.2, 0.25) is 0 Å². The van der Waals surface area contributed by atoms with Crippen LogP contribution in [0.5, 0.6) is 0 Å². The molecule has 0 atom stereocenters. The van der Waals surface area contributed by atoms with Gasteiger partial charge in [0.15, 0.2) is 0 Å². The SMILES string of the molecule is N#Cc1ccc2c(=O)n(-c3cccnc3)c(=O)n(-c3ccc(Cl)c(Cl)c3)c2c1. The highest BCUT2D eigenvalue weighted by molar-refractivity contribution is 6.42. The number of benzene rings is 2. The largest absolute Gasteiger partial charge is 0.340 e. The minimum Gasteiger partial charge on any atom is -0.268 e. The van der Waals surface area contributed by atoms with Gasteiger partial charge in [0.1, 0.15) is 0 Å². The van der Waals surface area contributed by atoms with Crippen LogP contribution in [0.4, 0.5) is 0 Å². The normalized spacial score (nSPS) is 10.8. The van der Waals surface area contributed by atoms with Crippen molar-refractivity contribution >= 4 is 34.1 Å². The summed E-state index contributed by atoms with van der Waals surface area (Å²) in [5.74, 6) is 0. The molecule has 0 aliphatic heterocycles. The number of rotatable bonds is 2. The first-order valence-electron chi connectivity index (χ1n) is 8.09. The summed E-state index contributed by atoms with van der Waals surface area (Å²) in [4.78, 5) is 30.4. The lowest BCUT2D eigenvalue weighted by molar-refractivity contribution is 0.831. The fourth-order valence-electron chi connectivity index (χ4n) is 2.96. The van der Waals surface area contributed by atoms with E-state index in [0.29, 0.717) is 27.5 Å². The van der Waals surface area contributed by atoms with Crippen LogP contribution >= 0.6 is 23.2 Å². The van der Waals surface area contributed by atoms with Crippen LogP contribution in [-0.4, -0.2) is 14.1 Å². The molecule has 4 rings (SSSR count). The van der Waals surface area contributed by atoms with Gasteiger partial charge in [-0.2, -0.15) is 5.26 Å². The Morgan fingerprint density at radius 3 is 2.43 bits per heavy atom. The van der Waals surface area contributed by atoms with Crippen molar-refractivity contribution in [3.8, 4) is 17.4 Å². The zero-order valence-corrected chi connectivity index (χ0v) is 15.6. The topological polar surface area (TPSA) is 80.7 Å². The molecule has 0 saturated carbocycles. The fourth-order valence-corrected chi connectivity index (χ4v) is 3.26. The average Bonchev–Trinajstić information content (AvgIpc) is 2.71. The molecule has 2 aromatic carbocycles. The van der Waals surface area contributed by atoms with Crippen molar-refractivity contribution in [1.29, 1.82) is 5.26 Å². The number of nitriles is 1. The standard InChI is InChI=1S/C20H10Cl2N4O2/c21-16-6-4-13(9-17(16)22)25-18-8-12(10-23)3-5-15(18)19(27)26(20(25)28)14-2-1-7-24-11-14/h1-9,11H. The molecule has 0 aliphatic carbocycles. The van der Waals surface area contributed by atoms with E-state index >= 15 is 0 Å². The van der Waals surface area contributed by atoms with Gasteiger partial charge < -0.3 is 0 Å². The molecule has 4 aromatic rings. The third-order valence-corrected chi connectivity index (χ3v) is 4.99. The molecule has 0 amide bonds. The van der Waals surface area contributed by atoms with Crippen LogP contribution in [-0.2, 0) is 0 Å². The molecule has 0 N–H and O–H groups in total. The molecule has 136 valence electrons. The maximum Gasteiger partial charge on any atom is 0.340 e. The smallest absolute Gasteiger partial charge is 0.268 e. The second kappa shape index (κ2) is 6.97. The fraction of sp³-hybridized carbons (Fsp3) is 0. The van der Waals surface area contributed by atoms with E-state index in [1.54, 1.807) is 30.5 Å². The third kappa shape index (κ3) is 2.87. The van der Waals surface area contributed by atoms with Gasteiger partial charge in [-0.15, -0.1) is 0 Å². The highest BCUT2D eigenvalue weighted by atomic mass is 35.5. The Hall–Kier alpha value is -3.40. The molecular weight excluding hydrogens is 399 g/mol. The monoisotopic (exact) mass is 408 g/mol. The van der Waals surface area contributed by atoms with E-state index in [1.807, 2.05) is 6.07 Å². The summed E-state index contributed by atoms with van der Waals surface area (Å²) in [7, 11) is 0. The molecule has 8 heteroatoms. The minimum absolute atomic E-state index is 0.259. The summed E-state index contributed by atoms with van der Waals surface area (Å²) in [6, 6.07) is 14.5. The van der Waals surface area contributed by atoms with Gasteiger partial charge in [-0.1, -0.05) is 23.2 Å². The molecule has 0 radical (unpaired) electrons. The van der Waals surface area contributed by atoms with Crippen molar-refractivity contribution in [2.24, 2.45) is 0 Å². The Morgan fingerprint density at radius 2 is 1.75 bits per heavy atom. The van der Waals surface area contributed by atoms with Crippen LogP contribution < -0.4 is 11.2 Å². The minimum atomic E-state index is -0.612. The summed E-state index contributed by atoms with van der Waals surface area (Å²) >= 11 is 12.1. The van der Waals surface area contributed by atoms with Crippen LogP contribution in [0.2, 0.25) is 10.0 Å². The van der Waals surface area contributed by atoms with Gasteiger partial charge in [-0.25, -0.2) is 9.36 Å². The van der Waals surface area contributed by atoms with Gasteiger partial charge in [-0.3, -0.25) is 14.3 Å². The lowest BCUT2D eigenvalue weighted by atomic mass is 10.1. The van der Waals surface area contributed by atoms with E-state index in [2.05, 4.69) is 4.98 Å². The highest BCUT2D eigenvalue weighted by Crippen LogP contribution is 2.25. The molecule has 0 spiro atoms. The van der Waals surface area contributed by atoms with E-state index in [4.69, 9.17) is 23.2 Å². The zero-order valence-electron chi connectivity index (χ0n) is 14.1. The van der Waals surface area contributed by atoms with Gasteiger partial charge in [0.05, 0.1) is 50.2 Å². The van der Waals surface area contributed by atoms with Crippen LogP contribution in [0, 0.1) is 11.3 Å². The average molecular weight is 409 g/mol. The summed E-state index contributed by atoms with van der Waals surface area (Å²) in [6.45, 7) is 0. The van der Waals surface area contributed by atoms with Crippen LogP contribution in [0.25, 0.3) is 22.3 Å². The molecule has 6 nitrogen and oxygen atoms in total. The van der Waals surface area contributed by atoms with Crippen LogP contribution in [0.15, 0.2) is 70.5 Å². The first-order valence-corrected chi connectivity index (χ1v) is 8.84. The summed E-state index contributed by atoms with van der Waals surface area (Å²) in [5, 5.41) is 10.1. The van der Waals surface area contributed by atoms with E-state index in [1.165, 1.54) is 35.0 Å². The number of nitrogens with zero attached hydrogens (tertiary/aromatic N) is 4. The van der Waals surface area contributed by atoms with Crippen molar-refractivity contribution in [2.75, 3.05) is 0 Å². The predicted molar refractivity (Wildman–Crippen MR) is 108 cm³/mol. The second-order valence-electron chi connectivity index (χ2n) is 5.91. The van der Waals surface area contributed by atoms with Crippen molar-refractivity contribution < 1.29 is 0 Å². The van der Waals surface area contributed by atoms with Gasteiger partial charge in [0, 0.05) is 6.20 Å². The third-order valence-electron chi connectivity index (χ3n) is 4.25. The number of hydrogen-bond acceptors (Lipinski definition) is 4. The number of hydrogen-bond donors (Lipinski definition) is 0.